The Hall–Kier alpha value is -1.75. The van der Waals surface area contributed by atoms with Crippen molar-refractivity contribution in [2.75, 3.05) is 0 Å². The second-order valence-electron chi connectivity index (χ2n) is 3.94. The summed E-state index contributed by atoms with van der Waals surface area (Å²) in [6.45, 7) is 0. The van der Waals surface area contributed by atoms with E-state index in [1.807, 2.05) is 42.5 Å². The molecular formula is C16H13ClO. The van der Waals surface area contributed by atoms with Crippen LogP contribution in [0.3, 0.4) is 0 Å². The van der Waals surface area contributed by atoms with Crippen molar-refractivity contribution in [1.82, 2.24) is 0 Å². The molecule has 90 valence electrons. The molecule has 1 atom stereocenters. The lowest BCUT2D eigenvalue weighted by Gasteiger charge is -2.06. The van der Waals surface area contributed by atoms with Crippen molar-refractivity contribution in [3.63, 3.8) is 0 Å². The molecule has 1 N–H and O–H groups in total. The van der Waals surface area contributed by atoms with Gasteiger partial charge < -0.3 is 5.11 Å². The van der Waals surface area contributed by atoms with Gasteiger partial charge in [-0.3, -0.25) is 0 Å². The van der Waals surface area contributed by atoms with E-state index in [2.05, 4.69) is 11.8 Å². The van der Waals surface area contributed by atoms with E-state index in [-0.39, 0.29) is 0 Å². The van der Waals surface area contributed by atoms with Crippen molar-refractivity contribution >= 4 is 11.6 Å². The summed E-state index contributed by atoms with van der Waals surface area (Å²) >= 11 is 5.87. The van der Waals surface area contributed by atoms with Gasteiger partial charge in [-0.25, -0.2) is 0 Å². The zero-order chi connectivity index (χ0) is 12.8. The summed E-state index contributed by atoms with van der Waals surface area (Å²) in [5.41, 5.74) is 1.75. The van der Waals surface area contributed by atoms with Crippen LogP contribution < -0.4 is 0 Å². The molecule has 0 saturated heterocycles. The maximum atomic E-state index is 9.96. The molecule has 0 fully saturated rings. The first-order valence-corrected chi connectivity index (χ1v) is 6.11. The Morgan fingerprint density at radius 2 is 1.83 bits per heavy atom. The van der Waals surface area contributed by atoms with Gasteiger partial charge in [-0.2, -0.15) is 0 Å². The van der Waals surface area contributed by atoms with Crippen molar-refractivity contribution in [2.24, 2.45) is 0 Å². The molecule has 0 radical (unpaired) electrons. The van der Waals surface area contributed by atoms with Crippen LogP contribution in [0.25, 0.3) is 0 Å². The highest BCUT2D eigenvalue weighted by Gasteiger charge is 2.05. The molecule has 2 rings (SSSR count). The summed E-state index contributed by atoms with van der Waals surface area (Å²) in [5.74, 6) is 5.99. The molecule has 0 saturated carbocycles. The van der Waals surface area contributed by atoms with Crippen LogP contribution in [0.4, 0.5) is 0 Å². The van der Waals surface area contributed by atoms with E-state index in [9.17, 15) is 5.11 Å². The predicted molar refractivity (Wildman–Crippen MR) is 74.3 cm³/mol. The fraction of sp³-hybridized carbons (Fsp3) is 0.125. The standard InChI is InChI=1S/C16H13ClO/c17-15-10-5-9-14(12-15)16(18)11-4-8-13-6-2-1-3-7-13/h1-3,5-7,9-10,12,16,18H,11H2. The molecule has 0 heterocycles. The summed E-state index contributed by atoms with van der Waals surface area (Å²) in [6.07, 6.45) is -0.199. The number of hydrogen-bond acceptors (Lipinski definition) is 1. The molecule has 0 aliphatic carbocycles. The second-order valence-corrected chi connectivity index (χ2v) is 4.38. The minimum atomic E-state index is -0.597. The van der Waals surface area contributed by atoms with Gasteiger partial charge in [0.1, 0.15) is 0 Å². The molecule has 0 aliphatic heterocycles. The molecule has 2 aromatic rings. The van der Waals surface area contributed by atoms with Crippen molar-refractivity contribution in [1.29, 1.82) is 0 Å². The number of hydrogen-bond donors (Lipinski definition) is 1. The fourth-order valence-corrected chi connectivity index (χ4v) is 1.80. The van der Waals surface area contributed by atoms with Gasteiger partial charge >= 0.3 is 0 Å². The monoisotopic (exact) mass is 256 g/mol. The molecule has 0 aliphatic rings. The summed E-state index contributed by atoms with van der Waals surface area (Å²) < 4.78 is 0. The van der Waals surface area contributed by atoms with Gasteiger partial charge in [0.2, 0.25) is 0 Å². The van der Waals surface area contributed by atoms with Crippen LogP contribution >= 0.6 is 11.6 Å². The Morgan fingerprint density at radius 3 is 2.56 bits per heavy atom. The maximum absolute atomic E-state index is 9.96. The third-order valence-corrected chi connectivity index (χ3v) is 2.77. The van der Waals surface area contributed by atoms with E-state index in [1.54, 1.807) is 12.1 Å². The van der Waals surface area contributed by atoms with Crippen LogP contribution in [0.5, 0.6) is 0 Å². The first-order valence-electron chi connectivity index (χ1n) is 5.73. The van der Waals surface area contributed by atoms with Crippen molar-refractivity contribution in [3.05, 3.63) is 70.7 Å². The summed E-state index contributed by atoms with van der Waals surface area (Å²) in [6, 6.07) is 16.9. The van der Waals surface area contributed by atoms with Gasteiger partial charge in [0.25, 0.3) is 0 Å². The lowest BCUT2D eigenvalue weighted by molar-refractivity contribution is 0.184. The van der Waals surface area contributed by atoms with Gasteiger partial charge in [-0.15, -0.1) is 0 Å². The van der Waals surface area contributed by atoms with Gasteiger partial charge in [-0.05, 0) is 29.8 Å². The van der Waals surface area contributed by atoms with E-state index in [0.717, 1.165) is 11.1 Å². The molecule has 2 aromatic carbocycles. The first kappa shape index (κ1) is 12.7. The third-order valence-electron chi connectivity index (χ3n) is 2.54. The van der Waals surface area contributed by atoms with Crippen LogP contribution in [-0.4, -0.2) is 5.11 Å². The highest BCUT2D eigenvalue weighted by atomic mass is 35.5. The van der Waals surface area contributed by atoms with Crippen molar-refractivity contribution in [3.8, 4) is 11.8 Å². The Bertz CT molecular complexity index is 566. The SMILES string of the molecule is OC(CC#Cc1ccccc1)c1cccc(Cl)c1. The average molecular weight is 257 g/mol. The van der Waals surface area contributed by atoms with E-state index < -0.39 is 6.10 Å². The Labute approximate surface area is 112 Å². The zero-order valence-electron chi connectivity index (χ0n) is 9.81. The number of rotatable bonds is 2. The minimum absolute atomic E-state index is 0.398. The lowest BCUT2D eigenvalue weighted by atomic mass is 10.1. The summed E-state index contributed by atoms with van der Waals surface area (Å²) in [5, 5.41) is 10.6. The molecular weight excluding hydrogens is 244 g/mol. The topological polar surface area (TPSA) is 20.2 Å². The lowest BCUT2D eigenvalue weighted by Crippen LogP contribution is -1.95. The number of benzene rings is 2. The van der Waals surface area contributed by atoms with Gasteiger partial charge in [0.15, 0.2) is 0 Å². The van der Waals surface area contributed by atoms with E-state index in [1.165, 1.54) is 0 Å². The largest absolute Gasteiger partial charge is 0.387 e. The van der Waals surface area contributed by atoms with Crippen LogP contribution in [0.15, 0.2) is 54.6 Å². The number of halogens is 1. The smallest absolute Gasteiger partial charge is 0.0899 e. The average Bonchev–Trinajstić information content (AvgIpc) is 2.40. The zero-order valence-corrected chi connectivity index (χ0v) is 10.6. The van der Waals surface area contributed by atoms with Crippen LogP contribution in [0.1, 0.15) is 23.7 Å². The Kier molecular flexibility index (Phi) is 4.41. The quantitative estimate of drug-likeness (QED) is 0.810. The Balaban J connectivity index is 2.01. The molecule has 0 spiro atoms. The molecule has 18 heavy (non-hydrogen) atoms. The van der Waals surface area contributed by atoms with E-state index in [0.29, 0.717) is 11.4 Å². The molecule has 0 aromatic heterocycles. The third kappa shape index (κ3) is 3.63. The minimum Gasteiger partial charge on any atom is -0.387 e. The molecule has 1 unspecified atom stereocenters. The van der Waals surface area contributed by atoms with Crippen molar-refractivity contribution in [2.45, 2.75) is 12.5 Å². The van der Waals surface area contributed by atoms with Gasteiger partial charge in [0.05, 0.1) is 6.10 Å². The normalized spacial score (nSPS) is 11.4. The van der Waals surface area contributed by atoms with Crippen LogP contribution in [0.2, 0.25) is 5.02 Å². The van der Waals surface area contributed by atoms with Crippen LogP contribution in [0, 0.1) is 11.8 Å². The van der Waals surface area contributed by atoms with Crippen molar-refractivity contribution < 1.29 is 5.11 Å². The molecule has 0 bridgehead atoms. The first-order chi connectivity index (χ1) is 8.75. The molecule has 0 amide bonds. The molecule has 1 nitrogen and oxygen atoms in total. The van der Waals surface area contributed by atoms with Gasteiger partial charge in [0, 0.05) is 17.0 Å². The van der Waals surface area contributed by atoms with Crippen LogP contribution in [-0.2, 0) is 0 Å². The molecule has 2 heteroatoms. The van der Waals surface area contributed by atoms with E-state index in [4.69, 9.17) is 11.6 Å². The Morgan fingerprint density at radius 1 is 1.06 bits per heavy atom. The number of aliphatic hydroxyl groups excluding tert-OH is 1. The second kappa shape index (κ2) is 6.26. The number of aliphatic hydroxyl groups is 1. The summed E-state index contributed by atoms with van der Waals surface area (Å²) in [4.78, 5) is 0. The van der Waals surface area contributed by atoms with Gasteiger partial charge in [-0.1, -0.05) is 53.8 Å². The highest BCUT2D eigenvalue weighted by molar-refractivity contribution is 6.30. The highest BCUT2D eigenvalue weighted by Crippen LogP contribution is 2.19. The van der Waals surface area contributed by atoms with E-state index >= 15 is 0 Å². The predicted octanol–water partition coefficient (Wildman–Crippen LogP) is 3.82. The maximum Gasteiger partial charge on any atom is 0.0899 e. The fourth-order valence-electron chi connectivity index (χ4n) is 1.60. The summed E-state index contributed by atoms with van der Waals surface area (Å²) in [7, 11) is 0.